The highest BCUT2D eigenvalue weighted by Crippen LogP contribution is 2.22. The first-order valence-electron chi connectivity index (χ1n) is 9.15. The predicted molar refractivity (Wildman–Crippen MR) is 120 cm³/mol. The van der Waals surface area contributed by atoms with Gasteiger partial charge in [0.25, 0.3) is 0 Å². The van der Waals surface area contributed by atoms with Crippen molar-refractivity contribution in [3.8, 4) is 5.75 Å². The molecule has 2 aromatic carbocycles. The highest BCUT2D eigenvalue weighted by molar-refractivity contribution is 7.99. The number of benzene rings is 2. The Labute approximate surface area is 181 Å². The molecular formula is C20H25ClN2O4S2. The minimum atomic E-state index is -3.60. The lowest BCUT2D eigenvalue weighted by Gasteiger charge is -2.22. The normalized spacial score (nSPS) is 11.1. The lowest BCUT2D eigenvalue weighted by atomic mass is 10.3. The molecule has 0 bridgehead atoms. The van der Waals surface area contributed by atoms with Crippen molar-refractivity contribution in [1.82, 2.24) is 5.32 Å². The molecule has 0 spiro atoms. The van der Waals surface area contributed by atoms with Gasteiger partial charge in [0, 0.05) is 16.5 Å². The third-order valence-corrected chi connectivity index (χ3v) is 6.34. The zero-order valence-corrected chi connectivity index (χ0v) is 18.8. The molecule has 0 radical (unpaired) electrons. The van der Waals surface area contributed by atoms with E-state index in [4.69, 9.17) is 16.3 Å². The summed E-state index contributed by atoms with van der Waals surface area (Å²) in [6.07, 6.45) is 1.85. The Hall–Kier alpha value is -1.90. The van der Waals surface area contributed by atoms with E-state index in [9.17, 15) is 13.2 Å². The van der Waals surface area contributed by atoms with Crippen LogP contribution >= 0.6 is 23.4 Å². The monoisotopic (exact) mass is 456 g/mol. The number of nitrogens with one attached hydrogen (secondary N) is 1. The van der Waals surface area contributed by atoms with Crippen LogP contribution in [0, 0.1) is 0 Å². The summed E-state index contributed by atoms with van der Waals surface area (Å²) in [7, 11) is -3.60. The molecule has 0 heterocycles. The van der Waals surface area contributed by atoms with Gasteiger partial charge in [-0.3, -0.25) is 9.10 Å². The van der Waals surface area contributed by atoms with E-state index in [0.717, 1.165) is 27.6 Å². The SMILES string of the molecule is CCOc1ccc(N(CC(=O)NCCCSc2ccc(Cl)cc2)S(C)(=O)=O)cc1. The third kappa shape index (κ3) is 8.16. The van der Waals surface area contributed by atoms with Crippen molar-refractivity contribution in [2.45, 2.75) is 18.2 Å². The number of amides is 1. The summed E-state index contributed by atoms with van der Waals surface area (Å²) in [5, 5.41) is 3.48. The molecule has 0 aromatic heterocycles. The van der Waals surface area contributed by atoms with Crippen LogP contribution in [-0.4, -0.2) is 46.0 Å². The summed E-state index contributed by atoms with van der Waals surface area (Å²) >= 11 is 7.53. The van der Waals surface area contributed by atoms with Crippen LogP contribution < -0.4 is 14.4 Å². The van der Waals surface area contributed by atoms with E-state index < -0.39 is 10.0 Å². The molecule has 0 atom stereocenters. The van der Waals surface area contributed by atoms with Crippen molar-refractivity contribution >= 4 is 45.0 Å². The number of sulfonamides is 1. The third-order valence-electron chi connectivity index (χ3n) is 3.85. The molecular weight excluding hydrogens is 432 g/mol. The van der Waals surface area contributed by atoms with Crippen LogP contribution in [0.2, 0.25) is 5.02 Å². The van der Waals surface area contributed by atoms with E-state index in [1.807, 2.05) is 31.2 Å². The topological polar surface area (TPSA) is 75.7 Å². The van der Waals surface area contributed by atoms with Gasteiger partial charge in [0.2, 0.25) is 15.9 Å². The largest absolute Gasteiger partial charge is 0.494 e. The first kappa shape index (κ1) is 23.4. The van der Waals surface area contributed by atoms with Gasteiger partial charge in [-0.25, -0.2) is 8.42 Å². The highest BCUT2D eigenvalue weighted by atomic mass is 35.5. The zero-order valence-electron chi connectivity index (χ0n) is 16.4. The second-order valence-corrected chi connectivity index (χ2v) is 9.71. The Kier molecular flexibility index (Phi) is 9.13. The molecule has 6 nitrogen and oxygen atoms in total. The lowest BCUT2D eigenvalue weighted by molar-refractivity contribution is -0.119. The quantitative estimate of drug-likeness (QED) is 0.411. The fourth-order valence-corrected chi connectivity index (χ4v) is 4.32. The predicted octanol–water partition coefficient (Wildman–Crippen LogP) is 3.80. The molecule has 29 heavy (non-hydrogen) atoms. The summed E-state index contributed by atoms with van der Waals surface area (Å²) in [6, 6.07) is 14.2. The average Bonchev–Trinajstić information content (AvgIpc) is 2.67. The fraction of sp³-hybridized carbons (Fsp3) is 0.350. The van der Waals surface area contributed by atoms with Gasteiger partial charge in [-0.15, -0.1) is 11.8 Å². The van der Waals surface area contributed by atoms with Crippen molar-refractivity contribution < 1.29 is 17.9 Å². The number of ether oxygens (including phenoxy) is 1. The number of hydrogen-bond acceptors (Lipinski definition) is 5. The Bertz CT molecular complexity index is 888. The minimum absolute atomic E-state index is 0.267. The first-order chi connectivity index (χ1) is 13.8. The molecule has 0 saturated carbocycles. The molecule has 0 aliphatic carbocycles. The molecule has 1 N–H and O–H groups in total. The van der Waals surface area contributed by atoms with Crippen LogP contribution in [0.25, 0.3) is 0 Å². The summed E-state index contributed by atoms with van der Waals surface area (Å²) in [5.74, 6) is 1.13. The number of thioether (sulfide) groups is 1. The van der Waals surface area contributed by atoms with Crippen molar-refractivity contribution in [2.24, 2.45) is 0 Å². The van der Waals surface area contributed by atoms with E-state index in [-0.39, 0.29) is 12.5 Å². The second-order valence-electron chi connectivity index (χ2n) is 6.20. The van der Waals surface area contributed by atoms with Crippen molar-refractivity contribution in [3.05, 3.63) is 53.6 Å². The van der Waals surface area contributed by atoms with Crippen LogP contribution in [-0.2, 0) is 14.8 Å². The van der Waals surface area contributed by atoms with Gasteiger partial charge in [0.1, 0.15) is 12.3 Å². The Morgan fingerprint density at radius 1 is 1.14 bits per heavy atom. The lowest BCUT2D eigenvalue weighted by Crippen LogP contribution is -2.40. The number of carbonyl (C=O) groups excluding carboxylic acids is 1. The van der Waals surface area contributed by atoms with Gasteiger partial charge < -0.3 is 10.1 Å². The first-order valence-corrected chi connectivity index (χ1v) is 12.4. The van der Waals surface area contributed by atoms with E-state index >= 15 is 0 Å². The van der Waals surface area contributed by atoms with Crippen molar-refractivity contribution in [1.29, 1.82) is 0 Å². The van der Waals surface area contributed by atoms with Crippen LogP contribution in [0.1, 0.15) is 13.3 Å². The molecule has 0 fully saturated rings. The summed E-state index contributed by atoms with van der Waals surface area (Å²) in [6.45, 7) is 2.60. The van der Waals surface area contributed by atoms with E-state index in [1.165, 1.54) is 0 Å². The van der Waals surface area contributed by atoms with Gasteiger partial charge in [-0.1, -0.05) is 11.6 Å². The van der Waals surface area contributed by atoms with E-state index in [1.54, 1.807) is 36.0 Å². The maximum atomic E-state index is 12.3. The van der Waals surface area contributed by atoms with Crippen LogP contribution in [0.4, 0.5) is 5.69 Å². The standard InChI is InChI=1S/C20H25ClN2O4S2/c1-3-27-18-9-7-17(8-10-18)23(29(2,25)26)15-20(24)22-13-4-14-28-19-11-5-16(21)6-12-19/h5-12H,3-4,13-15H2,1-2H3,(H,22,24). The second kappa shape index (κ2) is 11.3. The maximum Gasteiger partial charge on any atom is 0.240 e. The highest BCUT2D eigenvalue weighted by Gasteiger charge is 2.20. The minimum Gasteiger partial charge on any atom is -0.494 e. The fourth-order valence-electron chi connectivity index (χ4n) is 2.48. The van der Waals surface area contributed by atoms with Crippen LogP contribution in [0.3, 0.4) is 0 Å². The zero-order chi connectivity index (χ0) is 21.3. The summed E-state index contributed by atoms with van der Waals surface area (Å²) in [5.41, 5.74) is 0.421. The molecule has 158 valence electrons. The number of rotatable bonds is 11. The summed E-state index contributed by atoms with van der Waals surface area (Å²) in [4.78, 5) is 13.4. The molecule has 1 amide bonds. The molecule has 0 unspecified atom stereocenters. The van der Waals surface area contributed by atoms with Gasteiger partial charge in [0.05, 0.1) is 18.6 Å². The number of halogens is 1. The Morgan fingerprint density at radius 3 is 2.38 bits per heavy atom. The molecule has 0 aliphatic heterocycles. The number of hydrogen-bond donors (Lipinski definition) is 1. The summed E-state index contributed by atoms with van der Waals surface area (Å²) < 4.78 is 30.7. The van der Waals surface area contributed by atoms with E-state index in [2.05, 4.69) is 5.32 Å². The molecule has 2 aromatic rings. The van der Waals surface area contributed by atoms with Crippen molar-refractivity contribution in [2.75, 3.05) is 36.0 Å². The van der Waals surface area contributed by atoms with Crippen LogP contribution in [0.15, 0.2) is 53.4 Å². The maximum absolute atomic E-state index is 12.3. The van der Waals surface area contributed by atoms with Gasteiger partial charge >= 0.3 is 0 Å². The molecule has 0 saturated heterocycles. The molecule has 0 aliphatic rings. The molecule has 9 heteroatoms. The number of carbonyl (C=O) groups is 1. The number of nitrogens with zero attached hydrogens (tertiary/aromatic N) is 1. The smallest absolute Gasteiger partial charge is 0.240 e. The number of anilines is 1. The van der Waals surface area contributed by atoms with Crippen LogP contribution in [0.5, 0.6) is 5.75 Å². The van der Waals surface area contributed by atoms with Gasteiger partial charge in [-0.05, 0) is 67.6 Å². The molecule has 2 rings (SSSR count). The van der Waals surface area contributed by atoms with Crippen molar-refractivity contribution in [3.63, 3.8) is 0 Å². The van der Waals surface area contributed by atoms with Gasteiger partial charge in [-0.2, -0.15) is 0 Å². The van der Waals surface area contributed by atoms with Gasteiger partial charge in [0.15, 0.2) is 0 Å². The average molecular weight is 457 g/mol. The Balaban J connectivity index is 1.82. The Morgan fingerprint density at radius 2 is 1.79 bits per heavy atom. The van der Waals surface area contributed by atoms with E-state index in [0.29, 0.717) is 29.6 Å².